The molecule has 2 unspecified atom stereocenters. The van der Waals surface area contributed by atoms with Gasteiger partial charge >= 0.3 is 0 Å². The van der Waals surface area contributed by atoms with E-state index in [0.717, 1.165) is 13.1 Å². The minimum atomic E-state index is 0. The topological polar surface area (TPSA) is 3.24 Å². The van der Waals surface area contributed by atoms with E-state index < -0.39 is 0 Å². The van der Waals surface area contributed by atoms with Crippen molar-refractivity contribution in [2.75, 3.05) is 13.1 Å². The van der Waals surface area contributed by atoms with Crippen LogP contribution in [0.3, 0.4) is 0 Å². The minimum absolute atomic E-state index is 0. The smallest absolute Gasteiger partial charge is 0.00366 e. The van der Waals surface area contributed by atoms with Crippen LogP contribution in [0.25, 0.3) is 0 Å². The molecule has 1 fully saturated rings. The molecule has 0 radical (unpaired) electrons. The van der Waals surface area contributed by atoms with Crippen LogP contribution in [-0.2, 0) is 21.1 Å². The molecule has 2 atom stereocenters. The van der Waals surface area contributed by atoms with E-state index >= 15 is 0 Å². The Morgan fingerprint density at radius 2 is 1.43 bits per heavy atom. The minimum Gasteiger partial charge on any atom is -0.341 e. The zero-order valence-electron chi connectivity index (χ0n) is 9.99. The first-order chi connectivity index (χ1) is 6.02. The summed E-state index contributed by atoms with van der Waals surface area (Å²) < 4.78 is 0. The van der Waals surface area contributed by atoms with Gasteiger partial charge in [0.05, 0.1) is 0 Å². The van der Waals surface area contributed by atoms with Crippen LogP contribution in [0.2, 0.25) is 0 Å². The van der Waals surface area contributed by atoms with Crippen LogP contribution in [0.1, 0.15) is 27.7 Å². The molecule has 0 N–H and O–H groups in total. The monoisotopic (exact) mass is 366 g/mol. The van der Waals surface area contributed by atoms with E-state index in [4.69, 9.17) is 0 Å². The van der Waals surface area contributed by atoms with Crippen LogP contribution in [-0.4, -0.2) is 24.0 Å². The van der Waals surface area contributed by atoms with Crippen LogP contribution in [0, 0.1) is 32.1 Å². The van der Waals surface area contributed by atoms with Gasteiger partial charge in [0.2, 0.25) is 0 Å². The number of likely N-dealkylation sites (tertiary alicyclic amines) is 1. The Kier molecular flexibility index (Phi) is 10.9. The number of nitrogens with zero attached hydrogens (tertiary/aromatic N) is 1. The second kappa shape index (κ2) is 8.92. The molecular formula is C12H24NW-3. The first-order valence-electron chi connectivity index (χ1n) is 5.17. The summed E-state index contributed by atoms with van der Waals surface area (Å²) in [5, 5.41) is 0. The van der Waals surface area contributed by atoms with Gasteiger partial charge < -0.3 is 25.2 Å². The molecule has 0 spiro atoms. The van der Waals surface area contributed by atoms with E-state index in [2.05, 4.69) is 32.6 Å². The second-order valence-corrected chi connectivity index (χ2v) is 4.15. The first-order valence-corrected chi connectivity index (χ1v) is 5.17. The van der Waals surface area contributed by atoms with Crippen molar-refractivity contribution in [3.63, 3.8) is 0 Å². The standard InChI is InChI=1S/C9H17N.C3H7.W/c1-7(2)10-5-8(3)9(4)6-10;1-3-2;/h7-9H,3-6H2,1-2H3;3H,1-2H3;/q-2;-1;. The number of hydrogen-bond acceptors (Lipinski definition) is 1. The molecule has 1 heterocycles. The van der Waals surface area contributed by atoms with Crippen molar-refractivity contribution < 1.29 is 21.1 Å². The molecule has 1 aliphatic rings. The fourth-order valence-electron chi connectivity index (χ4n) is 1.40. The Hall–Kier alpha value is 0.648. The molecule has 1 nitrogen and oxygen atoms in total. The second-order valence-electron chi connectivity index (χ2n) is 4.15. The molecule has 14 heavy (non-hydrogen) atoms. The van der Waals surface area contributed by atoms with Gasteiger partial charge in [-0.25, -0.2) is 0 Å². The van der Waals surface area contributed by atoms with Crippen LogP contribution in [0.15, 0.2) is 0 Å². The van der Waals surface area contributed by atoms with Crippen molar-refractivity contribution >= 4 is 0 Å². The SMILES string of the molecule is C[CH-]C.[CH2-]C1CN(C(C)C)CC1[CH2-].[W]. The van der Waals surface area contributed by atoms with Crippen LogP contribution < -0.4 is 0 Å². The molecule has 0 amide bonds. The maximum absolute atomic E-state index is 4.05. The van der Waals surface area contributed by atoms with Gasteiger partial charge in [0, 0.05) is 27.1 Å². The van der Waals surface area contributed by atoms with Crippen molar-refractivity contribution in [2.24, 2.45) is 11.8 Å². The van der Waals surface area contributed by atoms with Gasteiger partial charge in [-0.2, -0.15) is 25.7 Å². The van der Waals surface area contributed by atoms with Crippen molar-refractivity contribution in [3.8, 4) is 0 Å². The van der Waals surface area contributed by atoms with Gasteiger partial charge in [0.25, 0.3) is 0 Å². The van der Waals surface area contributed by atoms with E-state index in [0.29, 0.717) is 17.9 Å². The maximum atomic E-state index is 4.05. The third-order valence-electron chi connectivity index (χ3n) is 2.33. The molecule has 2 heteroatoms. The van der Waals surface area contributed by atoms with E-state index in [1.807, 2.05) is 20.3 Å². The van der Waals surface area contributed by atoms with Gasteiger partial charge in [0.1, 0.15) is 0 Å². The molecule has 0 aliphatic carbocycles. The van der Waals surface area contributed by atoms with E-state index in [1.54, 1.807) is 0 Å². The molecule has 0 saturated carbocycles. The Balaban J connectivity index is 0. The zero-order valence-corrected chi connectivity index (χ0v) is 12.9. The van der Waals surface area contributed by atoms with Crippen LogP contribution in [0.5, 0.6) is 0 Å². The fraction of sp³-hybridized carbons (Fsp3) is 0.750. The normalized spacial score (nSPS) is 26.8. The van der Waals surface area contributed by atoms with E-state index in [-0.39, 0.29) is 21.1 Å². The number of rotatable bonds is 1. The Labute approximate surface area is 105 Å². The molecule has 1 saturated heterocycles. The van der Waals surface area contributed by atoms with Gasteiger partial charge in [-0.15, -0.1) is 0 Å². The largest absolute Gasteiger partial charge is 0.341 e. The fourth-order valence-corrected chi connectivity index (χ4v) is 1.40. The van der Waals surface area contributed by atoms with Crippen molar-refractivity contribution in [3.05, 3.63) is 20.3 Å². The van der Waals surface area contributed by atoms with Crippen LogP contribution >= 0.6 is 0 Å². The molecule has 86 valence electrons. The van der Waals surface area contributed by atoms with Gasteiger partial charge in [0.15, 0.2) is 0 Å². The Morgan fingerprint density at radius 3 is 1.57 bits per heavy atom. The van der Waals surface area contributed by atoms with Gasteiger partial charge in [-0.05, 0) is 26.9 Å². The summed E-state index contributed by atoms with van der Waals surface area (Å²) in [5.74, 6) is 1.09. The van der Waals surface area contributed by atoms with Crippen molar-refractivity contribution in [2.45, 2.75) is 33.7 Å². The molecule has 1 aliphatic heterocycles. The summed E-state index contributed by atoms with van der Waals surface area (Å²) in [6, 6.07) is 0.663. The first kappa shape index (κ1) is 17.1. The molecule has 0 aromatic carbocycles. The Bertz CT molecular complexity index is 115. The summed E-state index contributed by atoms with van der Waals surface area (Å²) in [5.41, 5.74) is 0. The third-order valence-corrected chi connectivity index (χ3v) is 2.33. The van der Waals surface area contributed by atoms with Crippen molar-refractivity contribution in [1.82, 2.24) is 4.90 Å². The predicted octanol–water partition coefficient (Wildman–Crippen LogP) is 2.84. The predicted molar refractivity (Wildman–Crippen MR) is 60.1 cm³/mol. The van der Waals surface area contributed by atoms with E-state index in [9.17, 15) is 0 Å². The summed E-state index contributed by atoms with van der Waals surface area (Å²) in [6.07, 6.45) is 2.00. The van der Waals surface area contributed by atoms with Crippen LogP contribution in [0.4, 0.5) is 0 Å². The van der Waals surface area contributed by atoms with Crippen molar-refractivity contribution in [1.29, 1.82) is 0 Å². The number of hydrogen-bond donors (Lipinski definition) is 0. The zero-order chi connectivity index (χ0) is 10.4. The average Bonchev–Trinajstić information content (AvgIpc) is 2.34. The van der Waals surface area contributed by atoms with E-state index in [1.165, 1.54) is 0 Å². The molecule has 0 aromatic heterocycles. The molecule has 0 bridgehead atoms. The molecule has 1 rings (SSSR count). The summed E-state index contributed by atoms with van der Waals surface area (Å²) in [4.78, 5) is 2.44. The summed E-state index contributed by atoms with van der Waals surface area (Å²) in [7, 11) is 0. The molecule has 0 aromatic rings. The quantitative estimate of drug-likeness (QED) is 0.646. The summed E-state index contributed by atoms with van der Waals surface area (Å²) >= 11 is 0. The van der Waals surface area contributed by atoms with Gasteiger partial charge in [-0.3, -0.25) is 0 Å². The summed E-state index contributed by atoms with van der Waals surface area (Å²) in [6.45, 7) is 18.8. The maximum Gasteiger partial charge on any atom is 0.00366 e. The van der Waals surface area contributed by atoms with Gasteiger partial charge in [-0.1, -0.05) is 0 Å². The molecular weight excluding hydrogens is 342 g/mol. The average molecular weight is 366 g/mol. The third kappa shape index (κ3) is 6.19. The Morgan fingerprint density at radius 1 is 1.14 bits per heavy atom.